The molecule has 0 atom stereocenters. The number of carboxylic acid groups (broad SMARTS) is 1. The van der Waals surface area contributed by atoms with Crippen LogP contribution < -0.4 is 5.69 Å². The number of amides is 1. The van der Waals surface area contributed by atoms with Crippen molar-refractivity contribution in [1.82, 2.24) is 19.7 Å². The van der Waals surface area contributed by atoms with Gasteiger partial charge in [0.2, 0.25) is 0 Å². The van der Waals surface area contributed by atoms with Gasteiger partial charge in [-0.1, -0.05) is 26.0 Å². The van der Waals surface area contributed by atoms with E-state index in [1.807, 2.05) is 38.1 Å². The maximum Gasteiger partial charge on any atom is 0.407 e. The van der Waals surface area contributed by atoms with Crippen LogP contribution in [0.3, 0.4) is 0 Å². The van der Waals surface area contributed by atoms with E-state index in [1.165, 1.54) is 15.5 Å². The van der Waals surface area contributed by atoms with E-state index in [0.29, 0.717) is 35.8 Å². The maximum absolute atomic E-state index is 12.6. The van der Waals surface area contributed by atoms with Gasteiger partial charge in [0.1, 0.15) is 11.5 Å². The lowest BCUT2D eigenvalue weighted by molar-refractivity contribution is 0.123. The summed E-state index contributed by atoms with van der Waals surface area (Å²) in [6.07, 6.45) is 2.79. The number of hydrogen-bond acceptors (Lipinski definition) is 5. The van der Waals surface area contributed by atoms with E-state index in [4.69, 9.17) is 5.11 Å². The first-order valence-electron chi connectivity index (χ1n) is 11.6. The quantitative estimate of drug-likeness (QED) is 0.433. The van der Waals surface area contributed by atoms with Crippen molar-refractivity contribution >= 4 is 6.09 Å². The lowest BCUT2D eigenvalue weighted by Gasteiger charge is -2.29. The fourth-order valence-corrected chi connectivity index (χ4v) is 4.55. The average molecular weight is 467 g/mol. The second kappa shape index (κ2) is 9.62. The number of aromatic nitrogens is 3. The standard InChI is InChI=1S/C25H30N4O5/c1-15(2)19-13-20(22(31)14-21(19)30)23-26-27-24(32)29(23)18-7-5-16(6-8-18)3-4-17-9-11-28(12-10-17)25(33)34/h5-8,13-15,17,30-31H,3-4,9-12H2,1-2H3,(H,27,32)(H,33,34). The molecular formula is C25H30N4O5. The highest BCUT2D eigenvalue weighted by Crippen LogP contribution is 2.37. The molecule has 34 heavy (non-hydrogen) atoms. The number of phenolic OH excluding ortho intramolecular Hbond substituents is 2. The first-order chi connectivity index (χ1) is 16.2. The summed E-state index contributed by atoms with van der Waals surface area (Å²) in [5.74, 6) is 0.633. The minimum absolute atomic E-state index is 0.00123. The molecule has 1 aliphatic rings. The fraction of sp³-hybridized carbons (Fsp3) is 0.400. The van der Waals surface area contributed by atoms with Crippen molar-refractivity contribution in [3.05, 3.63) is 58.0 Å². The first-order valence-corrected chi connectivity index (χ1v) is 11.6. The Balaban J connectivity index is 1.52. The van der Waals surface area contributed by atoms with Gasteiger partial charge in [0.15, 0.2) is 5.82 Å². The number of H-pyrrole nitrogens is 1. The van der Waals surface area contributed by atoms with Crippen LogP contribution in [0.1, 0.15) is 50.2 Å². The van der Waals surface area contributed by atoms with E-state index in [-0.39, 0.29) is 23.2 Å². The summed E-state index contributed by atoms with van der Waals surface area (Å²) < 4.78 is 1.40. The molecule has 9 nitrogen and oxygen atoms in total. The number of rotatable bonds is 6. The third-order valence-corrected chi connectivity index (χ3v) is 6.60. The molecule has 2 heterocycles. The highest BCUT2D eigenvalue weighted by Gasteiger charge is 2.22. The average Bonchev–Trinajstić information content (AvgIpc) is 3.19. The molecule has 3 aromatic rings. The molecular weight excluding hydrogens is 436 g/mol. The molecule has 4 N–H and O–H groups in total. The Bertz CT molecular complexity index is 1220. The van der Waals surface area contributed by atoms with Crippen molar-refractivity contribution in [2.75, 3.05) is 13.1 Å². The smallest absolute Gasteiger partial charge is 0.407 e. The maximum atomic E-state index is 12.6. The molecule has 1 amide bonds. The van der Waals surface area contributed by atoms with Gasteiger partial charge in [-0.15, -0.1) is 0 Å². The van der Waals surface area contributed by atoms with Gasteiger partial charge in [-0.05, 0) is 66.8 Å². The van der Waals surface area contributed by atoms with Gasteiger partial charge >= 0.3 is 11.8 Å². The van der Waals surface area contributed by atoms with Crippen molar-refractivity contribution in [2.24, 2.45) is 5.92 Å². The number of aromatic amines is 1. The molecule has 0 unspecified atom stereocenters. The third-order valence-electron chi connectivity index (χ3n) is 6.60. The summed E-state index contributed by atoms with van der Waals surface area (Å²) in [6, 6.07) is 10.6. The number of aryl methyl sites for hydroxylation is 1. The SMILES string of the molecule is CC(C)c1cc(-c2n[nH]c(=O)n2-c2ccc(CCC3CCN(C(=O)O)CC3)cc2)c(O)cc1O. The number of nitrogens with zero attached hydrogens (tertiary/aromatic N) is 3. The number of aromatic hydroxyl groups is 2. The minimum Gasteiger partial charge on any atom is -0.508 e. The number of hydrogen-bond donors (Lipinski definition) is 4. The zero-order valence-corrected chi connectivity index (χ0v) is 19.4. The summed E-state index contributed by atoms with van der Waals surface area (Å²) in [5.41, 5.74) is 2.34. The van der Waals surface area contributed by atoms with Gasteiger partial charge in [0.25, 0.3) is 0 Å². The molecule has 0 radical (unpaired) electrons. The van der Waals surface area contributed by atoms with Crippen LogP contribution in [-0.2, 0) is 6.42 Å². The predicted molar refractivity (Wildman–Crippen MR) is 128 cm³/mol. The topological polar surface area (TPSA) is 132 Å². The van der Waals surface area contributed by atoms with Crippen molar-refractivity contribution in [2.45, 2.75) is 45.4 Å². The van der Waals surface area contributed by atoms with Crippen LogP contribution in [0.25, 0.3) is 17.1 Å². The molecule has 9 heteroatoms. The lowest BCUT2D eigenvalue weighted by Crippen LogP contribution is -2.37. The first kappa shape index (κ1) is 23.4. The second-order valence-electron chi connectivity index (χ2n) is 9.19. The Hall–Kier alpha value is -3.75. The highest BCUT2D eigenvalue weighted by molar-refractivity contribution is 5.69. The van der Waals surface area contributed by atoms with Crippen molar-refractivity contribution < 1.29 is 20.1 Å². The highest BCUT2D eigenvalue weighted by atomic mass is 16.4. The van der Waals surface area contributed by atoms with Crippen LogP contribution in [0.4, 0.5) is 4.79 Å². The van der Waals surface area contributed by atoms with Gasteiger partial charge in [-0.3, -0.25) is 0 Å². The minimum atomic E-state index is -0.844. The molecule has 180 valence electrons. The van der Waals surface area contributed by atoms with Crippen LogP contribution >= 0.6 is 0 Å². The summed E-state index contributed by atoms with van der Waals surface area (Å²) in [7, 11) is 0. The molecule has 1 aromatic heterocycles. The van der Waals surface area contributed by atoms with Crippen molar-refractivity contribution in [3.63, 3.8) is 0 Å². The molecule has 0 aliphatic carbocycles. The van der Waals surface area contributed by atoms with Gasteiger partial charge < -0.3 is 20.2 Å². The number of benzene rings is 2. The molecule has 4 rings (SSSR count). The number of carbonyl (C=O) groups is 1. The monoisotopic (exact) mass is 466 g/mol. The zero-order valence-electron chi connectivity index (χ0n) is 19.4. The Labute approximate surface area is 197 Å². The van der Waals surface area contributed by atoms with E-state index < -0.39 is 11.8 Å². The van der Waals surface area contributed by atoms with E-state index in [2.05, 4.69) is 10.2 Å². The van der Waals surface area contributed by atoms with E-state index >= 15 is 0 Å². The van der Waals surface area contributed by atoms with Gasteiger partial charge in [0.05, 0.1) is 11.3 Å². The molecule has 0 spiro atoms. The molecule has 1 fully saturated rings. The zero-order chi connectivity index (χ0) is 24.4. The van der Waals surface area contributed by atoms with E-state index in [1.54, 1.807) is 6.07 Å². The summed E-state index contributed by atoms with van der Waals surface area (Å²) in [5, 5.41) is 36.3. The Morgan fingerprint density at radius 3 is 2.41 bits per heavy atom. The third kappa shape index (κ3) is 4.78. The summed E-state index contributed by atoms with van der Waals surface area (Å²) in [6.45, 7) is 5.05. The Morgan fingerprint density at radius 2 is 1.79 bits per heavy atom. The van der Waals surface area contributed by atoms with Gasteiger partial charge in [-0.2, -0.15) is 5.10 Å². The van der Waals surface area contributed by atoms with Gasteiger partial charge in [-0.25, -0.2) is 19.3 Å². The van der Waals surface area contributed by atoms with Crippen molar-refractivity contribution in [3.8, 4) is 28.6 Å². The lowest BCUT2D eigenvalue weighted by atomic mass is 9.90. The summed E-state index contributed by atoms with van der Waals surface area (Å²) in [4.78, 5) is 25.1. The summed E-state index contributed by atoms with van der Waals surface area (Å²) >= 11 is 0. The van der Waals surface area contributed by atoms with Crippen LogP contribution in [0, 0.1) is 5.92 Å². The number of piperidine rings is 1. The Kier molecular flexibility index (Phi) is 6.63. The van der Waals surface area contributed by atoms with E-state index in [9.17, 15) is 19.8 Å². The Morgan fingerprint density at radius 1 is 1.12 bits per heavy atom. The molecule has 2 aromatic carbocycles. The molecule has 1 saturated heterocycles. The molecule has 0 bridgehead atoms. The second-order valence-corrected chi connectivity index (χ2v) is 9.19. The molecule has 0 saturated carbocycles. The van der Waals surface area contributed by atoms with Crippen LogP contribution in [0.15, 0.2) is 41.2 Å². The van der Waals surface area contributed by atoms with Crippen LogP contribution in [0.5, 0.6) is 11.5 Å². The van der Waals surface area contributed by atoms with Crippen molar-refractivity contribution in [1.29, 1.82) is 0 Å². The van der Waals surface area contributed by atoms with E-state index in [0.717, 1.165) is 31.2 Å². The van der Waals surface area contributed by atoms with Gasteiger partial charge in [0, 0.05) is 19.2 Å². The number of phenols is 2. The number of likely N-dealkylation sites (tertiary alicyclic amines) is 1. The normalized spacial score (nSPS) is 14.6. The van der Waals surface area contributed by atoms with Crippen LogP contribution in [0.2, 0.25) is 0 Å². The van der Waals surface area contributed by atoms with Crippen LogP contribution in [-0.4, -0.2) is 54.2 Å². The largest absolute Gasteiger partial charge is 0.508 e. The molecule has 1 aliphatic heterocycles. The predicted octanol–water partition coefficient (Wildman–Crippen LogP) is 4.08. The number of nitrogens with one attached hydrogen (secondary N) is 1. The fourth-order valence-electron chi connectivity index (χ4n) is 4.55.